The Labute approximate surface area is 121 Å². The largest absolute Gasteiger partial charge is 0.488 e. The van der Waals surface area contributed by atoms with Crippen molar-refractivity contribution in [3.05, 3.63) is 41.4 Å². The van der Waals surface area contributed by atoms with Gasteiger partial charge in [0.25, 0.3) is 5.91 Å². The van der Waals surface area contributed by atoms with Gasteiger partial charge in [0.05, 0.1) is 10.6 Å². The summed E-state index contributed by atoms with van der Waals surface area (Å²) < 4.78 is 0. The van der Waals surface area contributed by atoms with Gasteiger partial charge in [0, 0.05) is 13.1 Å². The number of nitrogens with one attached hydrogen (secondary N) is 2. The van der Waals surface area contributed by atoms with Crippen LogP contribution in [0, 0.1) is 0 Å². The van der Waals surface area contributed by atoms with Crippen LogP contribution in [0.2, 0.25) is 5.02 Å². The summed E-state index contributed by atoms with van der Waals surface area (Å²) in [5.74, 6) is -0.736. The van der Waals surface area contributed by atoms with Crippen LogP contribution in [-0.4, -0.2) is 42.1 Å². The first-order chi connectivity index (χ1) is 9.45. The van der Waals surface area contributed by atoms with Crippen LogP contribution in [0.15, 0.2) is 30.9 Å². The van der Waals surface area contributed by atoms with E-state index in [1.54, 1.807) is 0 Å². The summed E-state index contributed by atoms with van der Waals surface area (Å²) in [6.45, 7) is 3.80. The van der Waals surface area contributed by atoms with Crippen LogP contribution in [0.1, 0.15) is 10.4 Å². The SMILES string of the molecule is C=CC(=O)NCCNC(=O)c1ccc(B(O)O)cc1Cl. The zero-order valence-corrected chi connectivity index (χ0v) is 11.4. The van der Waals surface area contributed by atoms with Gasteiger partial charge in [-0.1, -0.05) is 24.2 Å². The molecular weight excluding hydrogens is 282 g/mol. The highest BCUT2D eigenvalue weighted by Gasteiger charge is 2.15. The van der Waals surface area contributed by atoms with Gasteiger partial charge in [-0.05, 0) is 23.7 Å². The molecule has 0 spiro atoms. The fourth-order valence-electron chi connectivity index (χ4n) is 1.41. The Hall–Kier alpha value is -1.83. The Kier molecular flexibility index (Phi) is 6.24. The van der Waals surface area contributed by atoms with Gasteiger partial charge in [0.15, 0.2) is 0 Å². The molecule has 8 heteroatoms. The predicted molar refractivity (Wildman–Crippen MR) is 76.8 cm³/mol. The van der Waals surface area contributed by atoms with Crippen LogP contribution < -0.4 is 16.1 Å². The van der Waals surface area contributed by atoms with E-state index in [1.807, 2.05) is 0 Å². The van der Waals surface area contributed by atoms with Crippen LogP contribution in [0.4, 0.5) is 0 Å². The predicted octanol–water partition coefficient (Wildman–Crippen LogP) is -0.948. The molecule has 0 aromatic heterocycles. The zero-order chi connectivity index (χ0) is 15.1. The van der Waals surface area contributed by atoms with E-state index in [0.29, 0.717) is 0 Å². The van der Waals surface area contributed by atoms with E-state index in [-0.39, 0.29) is 35.0 Å². The van der Waals surface area contributed by atoms with E-state index >= 15 is 0 Å². The number of carbonyl (C=O) groups excluding carboxylic acids is 2. The normalized spacial score (nSPS) is 9.75. The highest BCUT2D eigenvalue weighted by Crippen LogP contribution is 2.13. The van der Waals surface area contributed by atoms with Gasteiger partial charge in [0.2, 0.25) is 5.91 Å². The minimum atomic E-state index is -1.64. The van der Waals surface area contributed by atoms with Crippen molar-refractivity contribution in [3.63, 3.8) is 0 Å². The molecule has 4 N–H and O–H groups in total. The van der Waals surface area contributed by atoms with E-state index < -0.39 is 13.0 Å². The lowest BCUT2D eigenvalue weighted by molar-refractivity contribution is -0.116. The van der Waals surface area contributed by atoms with Gasteiger partial charge in [-0.3, -0.25) is 9.59 Å². The first-order valence-corrected chi connectivity index (χ1v) is 6.17. The standard InChI is InChI=1S/C12H14BClN2O4/c1-2-11(17)15-5-6-16-12(18)9-4-3-8(13(19)20)7-10(9)14/h2-4,7,19-20H,1,5-6H2,(H,15,17)(H,16,18). The molecule has 0 aliphatic carbocycles. The van der Waals surface area contributed by atoms with Crippen molar-refractivity contribution >= 4 is 36.0 Å². The molecule has 106 valence electrons. The van der Waals surface area contributed by atoms with E-state index in [9.17, 15) is 9.59 Å². The molecule has 0 bridgehead atoms. The van der Waals surface area contributed by atoms with Crippen LogP contribution in [0.3, 0.4) is 0 Å². The van der Waals surface area contributed by atoms with E-state index in [4.69, 9.17) is 21.6 Å². The fraction of sp³-hybridized carbons (Fsp3) is 0.167. The molecule has 6 nitrogen and oxygen atoms in total. The maximum absolute atomic E-state index is 11.8. The van der Waals surface area contributed by atoms with E-state index in [1.165, 1.54) is 18.2 Å². The fourth-order valence-corrected chi connectivity index (χ4v) is 1.68. The van der Waals surface area contributed by atoms with Gasteiger partial charge in [-0.15, -0.1) is 0 Å². The van der Waals surface area contributed by atoms with Crippen molar-refractivity contribution in [2.45, 2.75) is 0 Å². The molecular formula is C12H14BClN2O4. The molecule has 0 saturated heterocycles. The third-order valence-corrected chi connectivity index (χ3v) is 2.74. The van der Waals surface area contributed by atoms with Crippen LogP contribution in [0.5, 0.6) is 0 Å². The molecule has 0 aliphatic rings. The summed E-state index contributed by atoms with van der Waals surface area (Å²) in [6.07, 6.45) is 1.14. The molecule has 0 radical (unpaired) electrons. The molecule has 1 aromatic carbocycles. The quantitative estimate of drug-likeness (QED) is 0.309. The van der Waals surface area contributed by atoms with Crippen LogP contribution in [-0.2, 0) is 4.79 Å². The summed E-state index contributed by atoms with van der Waals surface area (Å²) in [5.41, 5.74) is 0.413. The van der Waals surface area contributed by atoms with Gasteiger partial charge in [0.1, 0.15) is 0 Å². The van der Waals surface area contributed by atoms with Gasteiger partial charge in [-0.2, -0.15) is 0 Å². The van der Waals surface area contributed by atoms with Crippen molar-refractivity contribution in [1.29, 1.82) is 0 Å². The average Bonchev–Trinajstić information content (AvgIpc) is 2.42. The highest BCUT2D eigenvalue weighted by molar-refractivity contribution is 6.59. The Morgan fingerprint density at radius 3 is 2.50 bits per heavy atom. The van der Waals surface area contributed by atoms with Crippen LogP contribution in [0.25, 0.3) is 0 Å². The Morgan fingerprint density at radius 2 is 1.95 bits per heavy atom. The Bertz CT molecular complexity index is 522. The lowest BCUT2D eigenvalue weighted by Gasteiger charge is -2.08. The van der Waals surface area contributed by atoms with E-state index in [0.717, 1.165) is 6.08 Å². The van der Waals surface area contributed by atoms with Gasteiger partial charge < -0.3 is 20.7 Å². The molecule has 0 unspecified atom stereocenters. The monoisotopic (exact) mass is 296 g/mol. The molecule has 1 rings (SSSR count). The lowest BCUT2D eigenvalue weighted by atomic mass is 9.80. The first kappa shape index (κ1) is 16.2. The summed E-state index contributed by atoms with van der Waals surface area (Å²) in [4.78, 5) is 22.7. The number of halogens is 1. The van der Waals surface area contributed by atoms with Crippen molar-refractivity contribution in [3.8, 4) is 0 Å². The number of hydrogen-bond acceptors (Lipinski definition) is 4. The molecule has 2 amide bonds. The average molecular weight is 297 g/mol. The smallest absolute Gasteiger partial charge is 0.423 e. The van der Waals surface area contributed by atoms with Crippen molar-refractivity contribution < 1.29 is 19.6 Å². The second-order valence-electron chi connectivity index (χ2n) is 3.86. The third kappa shape index (κ3) is 4.69. The summed E-state index contributed by atoms with van der Waals surface area (Å²) in [6, 6.07) is 4.10. The minimum absolute atomic E-state index is 0.114. The number of amides is 2. The maximum atomic E-state index is 11.8. The Morgan fingerprint density at radius 1 is 1.30 bits per heavy atom. The number of carbonyl (C=O) groups is 2. The second-order valence-corrected chi connectivity index (χ2v) is 4.27. The minimum Gasteiger partial charge on any atom is -0.423 e. The molecule has 0 atom stereocenters. The molecule has 0 fully saturated rings. The Balaban J connectivity index is 2.55. The van der Waals surface area contributed by atoms with Crippen molar-refractivity contribution in [1.82, 2.24) is 10.6 Å². The lowest BCUT2D eigenvalue weighted by Crippen LogP contribution is -2.34. The van der Waals surface area contributed by atoms with E-state index in [2.05, 4.69) is 17.2 Å². The molecule has 0 aliphatic heterocycles. The highest BCUT2D eigenvalue weighted by atomic mass is 35.5. The topological polar surface area (TPSA) is 98.7 Å². The molecule has 0 saturated carbocycles. The second kappa shape index (κ2) is 7.69. The van der Waals surface area contributed by atoms with Crippen molar-refractivity contribution in [2.24, 2.45) is 0 Å². The van der Waals surface area contributed by atoms with Crippen molar-refractivity contribution in [2.75, 3.05) is 13.1 Å². The summed E-state index contributed by atoms with van der Waals surface area (Å²) in [7, 11) is -1.64. The number of benzene rings is 1. The van der Waals surface area contributed by atoms with Gasteiger partial charge in [-0.25, -0.2) is 0 Å². The maximum Gasteiger partial charge on any atom is 0.488 e. The number of rotatable bonds is 6. The number of hydrogen-bond donors (Lipinski definition) is 4. The molecule has 20 heavy (non-hydrogen) atoms. The molecule has 1 aromatic rings. The zero-order valence-electron chi connectivity index (χ0n) is 10.6. The third-order valence-electron chi connectivity index (χ3n) is 2.43. The summed E-state index contributed by atoms with van der Waals surface area (Å²) in [5, 5.41) is 23.1. The van der Waals surface area contributed by atoms with Crippen LogP contribution >= 0.6 is 11.6 Å². The summed E-state index contributed by atoms with van der Waals surface area (Å²) >= 11 is 5.89. The molecule has 0 heterocycles. The van der Waals surface area contributed by atoms with Gasteiger partial charge >= 0.3 is 7.12 Å². The first-order valence-electron chi connectivity index (χ1n) is 5.79.